The Morgan fingerprint density at radius 3 is 2.00 bits per heavy atom. The minimum atomic E-state index is -0.0744. The van der Waals surface area contributed by atoms with Crippen molar-refractivity contribution in [3.8, 4) is 22.4 Å². The molecular formula is C28H22N2. The van der Waals surface area contributed by atoms with Gasteiger partial charge in [-0.05, 0) is 52.1 Å². The quantitative estimate of drug-likeness (QED) is 0.288. The van der Waals surface area contributed by atoms with Crippen molar-refractivity contribution in [3.05, 3.63) is 95.7 Å². The van der Waals surface area contributed by atoms with Crippen LogP contribution in [0.1, 0.15) is 30.7 Å². The highest BCUT2D eigenvalue weighted by molar-refractivity contribution is 5.96. The average Bonchev–Trinajstić information content (AvgIpc) is 3.00. The molecule has 1 heterocycles. The number of benzene rings is 4. The second kappa shape index (κ2) is 5.99. The summed E-state index contributed by atoms with van der Waals surface area (Å²) in [6, 6.07) is 28.0. The lowest BCUT2D eigenvalue weighted by atomic mass is 9.79. The number of rotatable bonds is 1. The van der Waals surface area contributed by atoms with E-state index >= 15 is 0 Å². The van der Waals surface area contributed by atoms with E-state index in [-0.39, 0.29) is 5.41 Å². The molecule has 144 valence electrons. The third kappa shape index (κ3) is 2.31. The molecule has 2 heteroatoms. The van der Waals surface area contributed by atoms with E-state index in [0.717, 1.165) is 22.4 Å². The van der Waals surface area contributed by atoms with Gasteiger partial charge in [-0.1, -0.05) is 80.6 Å². The molecule has 0 radical (unpaired) electrons. The number of aryl methyl sites for hydroxylation is 1. The summed E-state index contributed by atoms with van der Waals surface area (Å²) in [4.78, 5) is 10.1. The van der Waals surface area contributed by atoms with Gasteiger partial charge in [0, 0.05) is 11.0 Å². The van der Waals surface area contributed by atoms with Gasteiger partial charge in [-0.3, -0.25) is 0 Å². The summed E-state index contributed by atoms with van der Waals surface area (Å²) in [6.45, 7) is 6.71. The van der Waals surface area contributed by atoms with Crippen LogP contribution in [0.15, 0.2) is 78.9 Å². The molecule has 0 saturated heterocycles. The van der Waals surface area contributed by atoms with Gasteiger partial charge in [0.05, 0.1) is 22.4 Å². The summed E-state index contributed by atoms with van der Waals surface area (Å²) in [5, 5.41) is 2.39. The van der Waals surface area contributed by atoms with Gasteiger partial charge in [-0.15, -0.1) is 0 Å². The van der Waals surface area contributed by atoms with E-state index in [0.29, 0.717) is 0 Å². The summed E-state index contributed by atoms with van der Waals surface area (Å²) in [5.41, 5.74) is 10.3. The number of nitrogens with zero attached hydrogens (tertiary/aromatic N) is 2. The highest BCUT2D eigenvalue weighted by atomic mass is 14.8. The number of fused-ring (bicyclic) bond motifs is 5. The third-order valence-corrected chi connectivity index (χ3v) is 6.54. The Morgan fingerprint density at radius 1 is 0.633 bits per heavy atom. The fourth-order valence-corrected chi connectivity index (χ4v) is 5.13. The highest BCUT2D eigenvalue weighted by Gasteiger charge is 2.37. The van der Waals surface area contributed by atoms with Crippen molar-refractivity contribution in [1.29, 1.82) is 0 Å². The summed E-state index contributed by atoms with van der Waals surface area (Å²) < 4.78 is 0. The molecule has 0 fully saturated rings. The molecule has 5 aromatic rings. The smallest absolute Gasteiger partial charge is 0.0925 e. The number of aromatic nitrogens is 2. The maximum absolute atomic E-state index is 5.14. The molecule has 4 aromatic carbocycles. The van der Waals surface area contributed by atoms with Gasteiger partial charge in [-0.25, -0.2) is 9.97 Å². The Morgan fingerprint density at radius 2 is 1.23 bits per heavy atom. The number of hydrogen-bond acceptors (Lipinski definition) is 2. The minimum Gasteiger partial charge on any atom is -0.249 e. The SMILES string of the molecule is Cc1nc2cc3ccccc3cc2nc1-c1cccc2c1C(C)(C)c1ccccc1-2. The largest absolute Gasteiger partial charge is 0.249 e. The van der Waals surface area contributed by atoms with Crippen LogP contribution < -0.4 is 0 Å². The fraction of sp³-hybridized carbons (Fsp3) is 0.143. The van der Waals surface area contributed by atoms with Gasteiger partial charge in [0.25, 0.3) is 0 Å². The van der Waals surface area contributed by atoms with E-state index in [1.807, 2.05) is 0 Å². The topological polar surface area (TPSA) is 25.8 Å². The van der Waals surface area contributed by atoms with Gasteiger partial charge >= 0.3 is 0 Å². The van der Waals surface area contributed by atoms with E-state index in [9.17, 15) is 0 Å². The van der Waals surface area contributed by atoms with Crippen molar-refractivity contribution >= 4 is 21.8 Å². The fourth-order valence-electron chi connectivity index (χ4n) is 5.13. The summed E-state index contributed by atoms with van der Waals surface area (Å²) >= 11 is 0. The first kappa shape index (κ1) is 17.3. The predicted molar refractivity (Wildman–Crippen MR) is 125 cm³/mol. The average molecular weight is 386 g/mol. The van der Waals surface area contributed by atoms with E-state index < -0.39 is 0 Å². The van der Waals surface area contributed by atoms with Crippen LogP contribution in [0.25, 0.3) is 44.2 Å². The van der Waals surface area contributed by atoms with Gasteiger partial charge < -0.3 is 0 Å². The highest BCUT2D eigenvalue weighted by Crippen LogP contribution is 2.52. The Kier molecular flexibility index (Phi) is 3.47. The van der Waals surface area contributed by atoms with E-state index in [1.54, 1.807) is 0 Å². The van der Waals surface area contributed by atoms with Crippen molar-refractivity contribution in [3.63, 3.8) is 0 Å². The number of hydrogen-bond donors (Lipinski definition) is 0. The van der Waals surface area contributed by atoms with Crippen molar-refractivity contribution in [2.45, 2.75) is 26.2 Å². The lowest BCUT2D eigenvalue weighted by molar-refractivity contribution is 0.661. The Labute approximate surface area is 176 Å². The summed E-state index contributed by atoms with van der Waals surface area (Å²) in [5.74, 6) is 0. The lowest BCUT2D eigenvalue weighted by Gasteiger charge is -2.24. The Bertz CT molecular complexity index is 1480. The Balaban J connectivity index is 1.64. The second-order valence-electron chi connectivity index (χ2n) is 8.74. The molecule has 1 aliphatic rings. The van der Waals surface area contributed by atoms with Crippen LogP contribution in [0.3, 0.4) is 0 Å². The predicted octanol–water partition coefficient (Wildman–Crippen LogP) is 7.06. The zero-order valence-corrected chi connectivity index (χ0v) is 17.4. The molecule has 30 heavy (non-hydrogen) atoms. The van der Waals surface area contributed by atoms with Crippen LogP contribution in [-0.2, 0) is 5.41 Å². The van der Waals surface area contributed by atoms with Gasteiger partial charge in [-0.2, -0.15) is 0 Å². The molecule has 2 nitrogen and oxygen atoms in total. The third-order valence-electron chi connectivity index (χ3n) is 6.54. The molecule has 0 saturated carbocycles. The normalized spacial score (nSPS) is 14.1. The zero-order valence-electron chi connectivity index (χ0n) is 17.4. The van der Waals surface area contributed by atoms with Crippen molar-refractivity contribution < 1.29 is 0 Å². The maximum atomic E-state index is 5.14. The van der Waals surface area contributed by atoms with Crippen LogP contribution in [0, 0.1) is 6.92 Å². The van der Waals surface area contributed by atoms with E-state index in [4.69, 9.17) is 9.97 Å². The van der Waals surface area contributed by atoms with Crippen LogP contribution >= 0.6 is 0 Å². The van der Waals surface area contributed by atoms with Crippen LogP contribution in [0.4, 0.5) is 0 Å². The molecular weight excluding hydrogens is 364 g/mol. The Hall–Kier alpha value is -3.52. The monoisotopic (exact) mass is 386 g/mol. The first-order valence-corrected chi connectivity index (χ1v) is 10.4. The zero-order chi connectivity index (χ0) is 20.5. The summed E-state index contributed by atoms with van der Waals surface area (Å²) in [7, 11) is 0. The molecule has 0 N–H and O–H groups in total. The molecule has 0 spiro atoms. The minimum absolute atomic E-state index is 0.0744. The van der Waals surface area contributed by atoms with Crippen LogP contribution in [-0.4, -0.2) is 9.97 Å². The van der Waals surface area contributed by atoms with E-state index in [1.165, 1.54) is 38.6 Å². The van der Waals surface area contributed by atoms with Gasteiger partial charge in [0.15, 0.2) is 0 Å². The van der Waals surface area contributed by atoms with E-state index in [2.05, 4.69) is 99.6 Å². The first-order valence-electron chi connectivity index (χ1n) is 10.4. The van der Waals surface area contributed by atoms with Crippen molar-refractivity contribution in [1.82, 2.24) is 9.97 Å². The van der Waals surface area contributed by atoms with Crippen LogP contribution in [0.2, 0.25) is 0 Å². The maximum Gasteiger partial charge on any atom is 0.0925 e. The molecule has 0 unspecified atom stereocenters. The van der Waals surface area contributed by atoms with Gasteiger partial charge in [0.2, 0.25) is 0 Å². The summed E-state index contributed by atoms with van der Waals surface area (Å²) in [6.07, 6.45) is 0. The molecule has 1 aromatic heterocycles. The first-order chi connectivity index (χ1) is 14.5. The molecule has 0 aliphatic heterocycles. The molecule has 0 bridgehead atoms. The molecule has 0 amide bonds. The molecule has 6 rings (SSSR count). The second-order valence-corrected chi connectivity index (χ2v) is 8.74. The van der Waals surface area contributed by atoms with Crippen LogP contribution in [0.5, 0.6) is 0 Å². The standard InChI is InChI=1S/C28H22N2/c1-17-27(30-25-16-19-10-5-4-9-18(19)15-24(25)29-17)22-13-8-12-21-20-11-6-7-14-23(20)28(2,3)26(21)22/h4-16H,1-3H3. The molecule has 0 atom stereocenters. The van der Waals surface area contributed by atoms with Crippen molar-refractivity contribution in [2.24, 2.45) is 0 Å². The van der Waals surface area contributed by atoms with Gasteiger partial charge in [0.1, 0.15) is 0 Å². The van der Waals surface area contributed by atoms with Crippen molar-refractivity contribution in [2.75, 3.05) is 0 Å². The lowest BCUT2D eigenvalue weighted by Crippen LogP contribution is -2.16. The molecule has 1 aliphatic carbocycles.